The second-order valence-corrected chi connectivity index (χ2v) is 6.72. The molecule has 1 aliphatic heterocycles. The van der Waals surface area contributed by atoms with E-state index in [0.29, 0.717) is 31.8 Å². The fourth-order valence-electron chi connectivity index (χ4n) is 3.06. The number of likely N-dealkylation sites (tertiary alicyclic amines) is 1. The summed E-state index contributed by atoms with van der Waals surface area (Å²) >= 11 is 0. The van der Waals surface area contributed by atoms with E-state index < -0.39 is 17.7 Å². The van der Waals surface area contributed by atoms with Crippen LogP contribution in [0.3, 0.4) is 0 Å². The number of piperidine rings is 1. The molecule has 1 fully saturated rings. The Balaban J connectivity index is 1.87. The lowest BCUT2D eigenvalue weighted by Crippen LogP contribution is -2.40. The quantitative estimate of drug-likeness (QED) is 0.905. The van der Waals surface area contributed by atoms with Gasteiger partial charge in [0.25, 0.3) is 5.91 Å². The van der Waals surface area contributed by atoms with E-state index in [0.717, 1.165) is 0 Å². The molecule has 0 bridgehead atoms. The fourth-order valence-corrected chi connectivity index (χ4v) is 3.06. The SMILES string of the molecule is CC(C)c1nc(C(=O)N2CCC(C(=O)O)CC2)nn1-c1ccccc1F. The second-order valence-electron chi connectivity index (χ2n) is 6.72. The third-order valence-electron chi connectivity index (χ3n) is 4.55. The van der Waals surface area contributed by atoms with Crippen molar-refractivity contribution in [3.63, 3.8) is 0 Å². The van der Waals surface area contributed by atoms with Crippen molar-refractivity contribution in [1.29, 1.82) is 0 Å². The number of carbonyl (C=O) groups is 2. The van der Waals surface area contributed by atoms with Crippen LogP contribution in [-0.2, 0) is 4.79 Å². The number of rotatable bonds is 4. The fraction of sp³-hybridized carbons (Fsp3) is 0.444. The molecule has 0 saturated carbocycles. The van der Waals surface area contributed by atoms with Gasteiger partial charge in [0.05, 0.1) is 5.92 Å². The molecule has 26 heavy (non-hydrogen) atoms. The molecule has 1 aromatic heterocycles. The van der Waals surface area contributed by atoms with Crippen LogP contribution in [0.4, 0.5) is 4.39 Å². The second kappa shape index (κ2) is 7.23. The van der Waals surface area contributed by atoms with Crippen molar-refractivity contribution in [3.05, 3.63) is 41.7 Å². The summed E-state index contributed by atoms with van der Waals surface area (Å²) in [6, 6.07) is 6.20. The zero-order valence-electron chi connectivity index (χ0n) is 14.7. The molecule has 2 heterocycles. The maximum absolute atomic E-state index is 14.2. The predicted molar refractivity (Wildman–Crippen MR) is 91.7 cm³/mol. The van der Waals surface area contributed by atoms with E-state index in [9.17, 15) is 14.0 Å². The summed E-state index contributed by atoms with van der Waals surface area (Å²) in [7, 11) is 0. The molecule has 0 radical (unpaired) electrons. The summed E-state index contributed by atoms with van der Waals surface area (Å²) in [4.78, 5) is 29.7. The Hall–Kier alpha value is -2.77. The first kappa shape index (κ1) is 18.0. The molecule has 0 atom stereocenters. The zero-order valence-corrected chi connectivity index (χ0v) is 14.7. The molecule has 0 unspecified atom stereocenters. The van der Waals surface area contributed by atoms with Crippen LogP contribution in [0.5, 0.6) is 0 Å². The molecule has 1 amide bonds. The first-order valence-electron chi connectivity index (χ1n) is 8.62. The number of aliphatic carboxylic acids is 1. The number of hydrogen-bond acceptors (Lipinski definition) is 4. The number of amides is 1. The number of carbonyl (C=O) groups excluding carboxylic acids is 1. The van der Waals surface area contributed by atoms with Gasteiger partial charge in [-0.1, -0.05) is 26.0 Å². The Morgan fingerprint density at radius 2 is 1.88 bits per heavy atom. The summed E-state index contributed by atoms with van der Waals surface area (Å²) in [5.41, 5.74) is 0.243. The smallest absolute Gasteiger partial charge is 0.306 e. The van der Waals surface area contributed by atoms with E-state index >= 15 is 0 Å². The van der Waals surface area contributed by atoms with Gasteiger partial charge >= 0.3 is 5.97 Å². The highest BCUT2D eigenvalue weighted by atomic mass is 19.1. The molecule has 1 N–H and O–H groups in total. The van der Waals surface area contributed by atoms with Crippen molar-refractivity contribution in [2.45, 2.75) is 32.6 Å². The van der Waals surface area contributed by atoms with Gasteiger partial charge in [-0.25, -0.2) is 14.1 Å². The van der Waals surface area contributed by atoms with Gasteiger partial charge in [-0.15, -0.1) is 5.10 Å². The topological polar surface area (TPSA) is 88.3 Å². The largest absolute Gasteiger partial charge is 0.481 e. The normalized spacial score (nSPS) is 15.5. The number of benzene rings is 1. The lowest BCUT2D eigenvalue weighted by molar-refractivity contribution is -0.143. The number of para-hydroxylation sites is 1. The highest BCUT2D eigenvalue weighted by Crippen LogP contribution is 2.22. The van der Waals surface area contributed by atoms with Gasteiger partial charge in [0, 0.05) is 19.0 Å². The number of nitrogens with zero attached hydrogens (tertiary/aromatic N) is 4. The van der Waals surface area contributed by atoms with E-state index in [1.54, 1.807) is 23.1 Å². The van der Waals surface area contributed by atoms with Crippen LogP contribution in [0.25, 0.3) is 5.69 Å². The van der Waals surface area contributed by atoms with Crippen LogP contribution in [0.2, 0.25) is 0 Å². The standard InChI is InChI=1S/C18H21FN4O3/c1-11(2)16-20-15(21-23(16)14-6-4-3-5-13(14)19)17(24)22-9-7-12(8-10-22)18(25)26/h3-6,11-12H,7-10H2,1-2H3,(H,25,26). The van der Waals surface area contributed by atoms with E-state index in [1.807, 2.05) is 13.8 Å². The highest BCUT2D eigenvalue weighted by Gasteiger charge is 2.30. The van der Waals surface area contributed by atoms with Crippen molar-refractivity contribution in [2.75, 3.05) is 13.1 Å². The summed E-state index contributed by atoms with van der Waals surface area (Å²) in [5, 5.41) is 13.3. The molecule has 1 saturated heterocycles. The van der Waals surface area contributed by atoms with Gasteiger partial charge < -0.3 is 10.0 Å². The lowest BCUT2D eigenvalue weighted by atomic mass is 9.97. The molecular formula is C18H21FN4O3. The van der Waals surface area contributed by atoms with Crippen molar-refractivity contribution < 1.29 is 19.1 Å². The minimum absolute atomic E-state index is 0.00530. The number of halogens is 1. The minimum Gasteiger partial charge on any atom is -0.481 e. The average Bonchev–Trinajstić information content (AvgIpc) is 3.07. The summed E-state index contributed by atoms with van der Waals surface area (Å²) in [6.45, 7) is 4.49. The molecule has 0 spiro atoms. The molecule has 0 aliphatic carbocycles. The van der Waals surface area contributed by atoms with Gasteiger partial charge in [0.1, 0.15) is 17.3 Å². The van der Waals surface area contributed by atoms with Crippen LogP contribution in [0.1, 0.15) is 49.1 Å². The monoisotopic (exact) mass is 360 g/mol. The number of aromatic nitrogens is 3. The Morgan fingerprint density at radius 1 is 1.23 bits per heavy atom. The molecule has 7 nitrogen and oxygen atoms in total. The maximum atomic E-state index is 14.2. The van der Waals surface area contributed by atoms with E-state index in [-0.39, 0.29) is 23.3 Å². The van der Waals surface area contributed by atoms with E-state index in [4.69, 9.17) is 5.11 Å². The lowest BCUT2D eigenvalue weighted by Gasteiger charge is -2.29. The Bertz CT molecular complexity index is 826. The Labute approximate surface area is 150 Å². The van der Waals surface area contributed by atoms with Crippen LogP contribution in [-0.4, -0.2) is 49.7 Å². The van der Waals surface area contributed by atoms with Gasteiger partial charge in [-0.3, -0.25) is 9.59 Å². The third kappa shape index (κ3) is 3.44. The van der Waals surface area contributed by atoms with Gasteiger partial charge in [-0.05, 0) is 25.0 Å². The first-order valence-corrected chi connectivity index (χ1v) is 8.62. The number of carboxylic acid groups (broad SMARTS) is 1. The Morgan fingerprint density at radius 3 is 2.46 bits per heavy atom. The van der Waals surface area contributed by atoms with Crippen LogP contribution in [0, 0.1) is 11.7 Å². The molecule has 1 aromatic carbocycles. The average molecular weight is 360 g/mol. The predicted octanol–water partition coefficient (Wildman–Crippen LogP) is 2.47. The first-order chi connectivity index (χ1) is 12.4. The van der Waals surface area contributed by atoms with E-state index in [2.05, 4.69) is 10.1 Å². The maximum Gasteiger partial charge on any atom is 0.306 e. The molecule has 2 aromatic rings. The highest BCUT2D eigenvalue weighted by molar-refractivity contribution is 5.90. The summed E-state index contributed by atoms with van der Waals surface area (Å²) < 4.78 is 15.5. The zero-order chi connectivity index (χ0) is 18.8. The third-order valence-corrected chi connectivity index (χ3v) is 4.55. The van der Waals surface area contributed by atoms with Crippen molar-refractivity contribution >= 4 is 11.9 Å². The van der Waals surface area contributed by atoms with Crippen molar-refractivity contribution in [2.24, 2.45) is 5.92 Å². The number of hydrogen-bond donors (Lipinski definition) is 1. The minimum atomic E-state index is -0.832. The van der Waals surface area contributed by atoms with E-state index in [1.165, 1.54) is 10.7 Å². The molecular weight excluding hydrogens is 339 g/mol. The van der Waals surface area contributed by atoms with Crippen LogP contribution >= 0.6 is 0 Å². The summed E-state index contributed by atoms with van der Waals surface area (Å²) in [5.74, 6) is -1.60. The van der Waals surface area contributed by atoms with Gasteiger partial charge in [0.2, 0.25) is 5.82 Å². The molecule has 8 heteroatoms. The molecule has 3 rings (SSSR count). The van der Waals surface area contributed by atoms with Crippen LogP contribution < -0.4 is 0 Å². The summed E-state index contributed by atoms with van der Waals surface area (Å²) in [6.07, 6.45) is 0.818. The number of carboxylic acids is 1. The van der Waals surface area contributed by atoms with Crippen molar-refractivity contribution in [3.8, 4) is 5.69 Å². The molecule has 138 valence electrons. The Kier molecular flexibility index (Phi) is 5.01. The van der Waals surface area contributed by atoms with Gasteiger partial charge in [0.15, 0.2) is 0 Å². The molecule has 1 aliphatic rings. The van der Waals surface area contributed by atoms with Crippen LogP contribution in [0.15, 0.2) is 24.3 Å². The van der Waals surface area contributed by atoms with Crippen molar-refractivity contribution in [1.82, 2.24) is 19.7 Å². The van der Waals surface area contributed by atoms with Gasteiger partial charge in [-0.2, -0.15) is 0 Å².